The van der Waals surface area contributed by atoms with Crippen molar-refractivity contribution in [1.82, 2.24) is 5.32 Å². The number of hydrogen-bond donors (Lipinski definition) is 1. The molecule has 1 rings (SSSR count). The van der Waals surface area contributed by atoms with Crippen LogP contribution < -0.4 is 5.32 Å². The molecule has 19 heavy (non-hydrogen) atoms. The maximum Gasteiger partial charge on any atom is 0.0452 e. The zero-order chi connectivity index (χ0) is 14.1. The fourth-order valence-corrected chi connectivity index (χ4v) is 2.81. The molecule has 1 atom stereocenters. The van der Waals surface area contributed by atoms with Crippen LogP contribution in [0.3, 0.4) is 0 Å². The van der Waals surface area contributed by atoms with Gasteiger partial charge >= 0.3 is 0 Å². The summed E-state index contributed by atoms with van der Waals surface area (Å²) in [6.07, 6.45) is 7.11. The second-order valence-electron chi connectivity index (χ2n) is 5.07. The molecule has 1 aromatic carbocycles. The molecular formula is C16H25Cl2N. The minimum atomic E-state index is 0.649. The SMILES string of the molecule is CCCNC(CCC)CCCc1ccc(Cl)cc1Cl. The molecule has 1 unspecified atom stereocenters. The van der Waals surface area contributed by atoms with Crippen LogP contribution in [0.25, 0.3) is 0 Å². The minimum absolute atomic E-state index is 0.649. The Morgan fingerprint density at radius 1 is 1.11 bits per heavy atom. The highest BCUT2D eigenvalue weighted by molar-refractivity contribution is 6.35. The van der Waals surface area contributed by atoms with Gasteiger partial charge in [-0.2, -0.15) is 0 Å². The molecular weight excluding hydrogens is 277 g/mol. The van der Waals surface area contributed by atoms with E-state index in [0.29, 0.717) is 11.1 Å². The van der Waals surface area contributed by atoms with E-state index in [-0.39, 0.29) is 0 Å². The molecule has 0 saturated carbocycles. The first-order valence-electron chi connectivity index (χ1n) is 7.34. The molecule has 0 spiro atoms. The van der Waals surface area contributed by atoms with Crippen molar-refractivity contribution in [3.63, 3.8) is 0 Å². The molecule has 0 amide bonds. The maximum absolute atomic E-state index is 6.19. The molecule has 1 nitrogen and oxygen atoms in total. The second kappa shape index (κ2) is 9.63. The van der Waals surface area contributed by atoms with Crippen molar-refractivity contribution in [1.29, 1.82) is 0 Å². The summed E-state index contributed by atoms with van der Waals surface area (Å²) >= 11 is 12.1. The third-order valence-electron chi connectivity index (χ3n) is 3.33. The number of rotatable bonds is 9. The summed E-state index contributed by atoms with van der Waals surface area (Å²) in [6.45, 7) is 5.58. The molecule has 1 N–H and O–H groups in total. The van der Waals surface area contributed by atoms with E-state index >= 15 is 0 Å². The fourth-order valence-electron chi connectivity index (χ4n) is 2.31. The lowest BCUT2D eigenvalue weighted by Crippen LogP contribution is -2.29. The Hall–Kier alpha value is -0.240. The van der Waals surface area contributed by atoms with Crippen molar-refractivity contribution in [3.05, 3.63) is 33.8 Å². The minimum Gasteiger partial charge on any atom is -0.314 e. The predicted octanol–water partition coefficient (Wildman–Crippen LogP) is 5.48. The van der Waals surface area contributed by atoms with Crippen LogP contribution in [0.5, 0.6) is 0 Å². The van der Waals surface area contributed by atoms with Crippen LogP contribution in [-0.4, -0.2) is 12.6 Å². The Morgan fingerprint density at radius 2 is 1.89 bits per heavy atom. The summed E-state index contributed by atoms with van der Waals surface area (Å²) in [5.74, 6) is 0. The molecule has 1 aromatic rings. The largest absolute Gasteiger partial charge is 0.314 e. The van der Waals surface area contributed by atoms with Crippen molar-refractivity contribution in [2.45, 2.75) is 58.4 Å². The topological polar surface area (TPSA) is 12.0 Å². The van der Waals surface area contributed by atoms with Crippen molar-refractivity contribution in [2.24, 2.45) is 0 Å². The molecule has 0 radical (unpaired) electrons. The Bertz CT molecular complexity index is 366. The molecule has 0 aliphatic rings. The van der Waals surface area contributed by atoms with Crippen LogP contribution in [0.4, 0.5) is 0 Å². The number of nitrogens with one attached hydrogen (secondary N) is 1. The Kier molecular flexibility index (Phi) is 8.52. The quantitative estimate of drug-likeness (QED) is 0.636. The van der Waals surface area contributed by atoms with E-state index < -0.39 is 0 Å². The first-order chi connectivity index (χ1) is 9.17. The molecule has 0 heterocycles. The van der Waals surface area contributed by atoms with Gasteiger partial charge < -0.3 is 5.32 Å². The third kappa shape index (κ3) is 6.65. The summed E-state index contributed by atoms with van der Waals surface area (Å²) < 4.78 is 0. The third-order valence-corrected chi connectivity index (χ3v) is 3.92. The van der Waals surface area contributed by atoms with Gasteiger partial charge in [0.25, 0.3) is 0 Å². The lowest BCUT2D eigenvalue weighted by Gasteiger charge is -2.17. The van der Waals surface area contributed by atoms with E-state index in [9.17, 15) is 0 Å². The standard InChI is InChI=1S/C16H25Cl2N/c1-3-6-15(19-11-4-2)8-5-7-13-9-10-14(17)12-16(13)18/h9-10,12,15,19H,3-8,11H2,1-2H3. The van der Waals surface area contributed by atoms with Gasteiger partial charge in [-0.1, -0.05) is 49.5 Å². The molecule has 0 saturated heterocycles. The highest BCUT2D eigenvalue weighted by atomic mass is 35.5. The van der Waals surface area contributed by atoms with Crippen LogP contribution in [0, 0.1) is 0 Å². The van der Waals surface area contributed by atoms with Gasteiger partial charge in [0.2, 0.25) is 0 Å². The van der Waals surface area contributed by atoms with Gasteiger partial charge in [-0.15, -0.1) is 0 Å². The summed E-state index contributed by atoms with van der Waals surface area (Å²) in [5.41, 5.74) is 1.21. The van der Waals surface area contributed by atoms with Crippen molar-refractivity contribution < 1.29 is 0 Å². The summed E-state index contributed by atoms with van der Waals surface area (Å²) in [6, 6.07) is 6.44. The molecule has 0 fully saturated rings. The molecule has 0 aliphatic heterocycles. The van der Waals surface area contributed by atoms with Crippen LogP contribution in [-0.2, 0) is 6.42 Å². The van der Waals surface area contributed by atoms with Crippen LogP contribution in [0.1, 0.15) is 51.5 Å². The summed E-state index contributed by atoms with van der Waals surface area (Å²) in [4.78, 5) is 0. The maximum atomic E-state index is 6.19. The smallest absolute Gasteiger partial charge is 0.0452 e. The van der Waals surface area contributed by atoms with Gasteiger partial charge in [0.05, 0.1) is 0 Å². The van der Waals surface area contributed by atoms with Gasteiger partial charge in [0.15, 0.2) is 0 Å². The Labute approximate surface area is 127 Å². The number of aryl methyl sites for hydroxylation is 1. The highest BCUT2D eigenvalue weighted by Gasteiger charge is 2.07. The fraction of sp³-hybridized carbons (Fsp3) is 0.625. The van der Waals surface area contributed by atoms with Crippen LogP contribution in [0.2, 0.25) is 10.0 Å². The first-order valence-corrected chi connectivity index (χ1v) is 8.10. The molecule has 0 aliphatic carbocycles. The van der Waals surface area contributed by atoms with Crippen LogP contribution >= 0.6 is 23.2 Å². The van der Waals surface area contributed by atoms with E-state index in [1.165, 1.54) is 37.7 Å². The van der Waals surface area contributed by atoms with Gasteiger partial charge in [0, 0.05) is 16.1 Å². The monoisotopic (exact) mass is 301 g/mol. The van der Waals surface area contributed by atoms with Gasteiger partial charge in [-0.05, 0) is 56.3 Å². The summed E-state index contributed by atoms with van der Waals surface area (Å²) in [5, 5.41) is 5.13. The normalized spacial score (nSPS) is 12.6. The zero-order valence-corrected chi connectivity index (χ0v) is 13.5. The number of halogens is 2. The molecule has 3 heteroatoms. The van der Waals surface area contributed by atoms with E-state index in [2.05, 4.69) is 19.2 Å². The van der Waals surface area contributed by atoms with E-state index in [0.717, 1.165) is 18.0 Å². The van der Waals surface area contributed by atoms with E-state index in [1.807, 2.05) is 18.2 Å². The highest BCUT2D eigenvalue weighted by Crippen LogP contribution is 2.22. The predicted molar refractivity (Wildman–Crippen MR) is 86.4 cm³/mol. The number of hydrogen-bond acceptors (Lipinski definition) is 1. The zero-order valence-electron chi connectivity index (χ0n) is 12.0. The molecule has 0 bridgehead atoms. The lowest BCUT2D eigenvalue weighted by molar-refractivity contribution is 0.438. The Morgan fingerprint density at radius 3 is 2.53 bits per heavy atom. The second-order valence-corrected chi connectivity index (χ2v) is 5.91. The van der Waals surface area contributed by atoms with Crippen LogP contribution in [0.15, 0.2) is 18.2 Å². The first kappa shape index (κ1) is 16.8. The lowest BCUT2D eigenvalue weighted by atomic mass is 10.0. The van der Waals surface area contributed by atoms with Gasteiger partial charge in [-0.25, -0.2) is 0 Å². The van der Waals surface area contributed by atoms with Gasteiger partial charge in [0.1, 0.15) is 0 Å². The van der Waals surface area contributed by atoms with Gasteiger partial charge in [-0.3, -0.25) is 0 Å². The number of benzene rings is 1. The van der Waals surface area contributed by atoms with Crippen molar-refractivity contribution in [3.8, 4) is 0 Å². The average molecular weight is 302 g/mol. The molecule has 108 valence electrons. The van der Waals surface area contributed by atoms with E-state index in [4.69, 9.17) is 23.2 Å². The average Bonchev–Trinajstić information content (AvgIpc) is 2.38. The molecule has 0 aromatic heterocycles. The van der Waals surface area contributed by atoms with E-state index in [1.54, 1.807) is 0 Å². The summed E-state index contributed by atoms with van der Waals surface area (Å²) in [7, 11) is 0. The Balaban J connectivity index is 2.38. The van der Waals surface area contributed by atoms with Crippen molar-refractivity contribution >= 4 is 23.2 Å². The van der Waals surface area contributed by atoms with Crippen molar-refractivity contribution in [2.75, 3.05) is 6.54 Å².